The number of primary amides is 1. The summed E-state index contributed by atoms with van der Waals surface area (Å²) in [4.78, 5) is 46.5. The number of amides is 2. The maximum atomic E-state index is 12.7. The molecule has 0 bridgehead atoms. The van der Waals surface area contributed by atoms with Crippen LogP contribution in [-0.2, 0) is 25.7 Å². The van der Waals surface area contributed by atoms with Crippen molar-refractivity contribution < 1.29 is 29.4 Å². The van der Waals surface area contributed by atoms with Gasteiger partial charge in [0, 0.05) is 36.5 Å². The predicted octanol–water partition coefficient (Wildman–Crippen LogP) is 1.43. The van der Waals surface area contributed by atoms with E-state index >= 15 is 0 Å². The number of benzene rings is 1. The molecule has 1 aromatic rings. The summed E-state index contributed by atoms with van der Waals surface area (Å²) in [6.45, 7) is 4.12. The average molecular weight is 454 g/mol. The van der Waals surface area contributed by atoms with Crippen LogP contribution in [0.15, 0.2) is 24.3 Å². The summed E-state index contributed by atoms with van der Waals surface area (Å²) in [5.74, 6) is -3.57. The molecule has 0 radical (unpaired) electrons. The van der Waals surface area contributed by atoms with Gasteiger partial charge in [0.2, 0.25) is 11.8 Å². The summed E-state index contributed by atoms with van der Waals surface area (Å²) in [7, 11) is 0. The molecule has 0 unspecified atom stereocenters. The quantitative estimate of drug-likeness (QED) is 0.585. The first kappa shape index (κ1) is 24.6. The van der Waals surface area contributed by atoms with Crippen LogP contribution >= 0.6 is 11.6 Å². The highest BCUT2D eigenvalue weighted by atomic mass is 35.5. The average Bonchev–Trinajstić information content (AvgIpc) is 2.76. The van der Waals surface area contributed by atoms with Gasteiger partial charge in [0.15, 0.2) is 0 Å². The third kappa shape index (κ3) is 7.84. The van der Waals surface area contributed by atoms with Crippen LogP contribution in [-0.4, -0.2) is 69.9 Å². The molecular weight excluding hydrogens is 426 g/mol. The molecule has 2 aliphatic rings. The number of carbonyl (C=O) groups excluding carboxylic acids is 2. The number of piperidine rings is 2. The molecule has 0 aromatic heterocycles. The van der Waals surface area contributed by atoms with Crippen LogP contribution in [0, 0.1) is 11.8 Å². The van der Waals surface area contributed by atoms with Crippen molar-refractivity contribution >= 4 is 35.4 Å². The van der Waals surface area contributed by atoms with E-state index in [9.17, 15) is 9.59 Å². The Morgan fingerprint density at radius 2 is 1.35 bits per heavy atom. The number of hydrogen-bond acceptors (Lipinski definition) is 5. The molecule has 0 saturated carbocycles. The van der Waals surface area contributed by atoms with Crippen LogP contribution in [0.3, 0.4) is 0 Å². The first-order valence-corrected chi connectivity index (χ1v) is 10.6. The molecule has 10 heteroatoms. The molecule has 2 aliphatic heterocycles. The highest BCUT2D eigenvalue weighted by molar-refractivity contribution is 6.30. The molecule has 0 aliphatic carbocycles. The largest absolute Gasteiger partial charge is 0.473 e. The van der Waals surface area contributed by atoms with Crippen molar-refractivity contribution in [3.05, 3.63) is 34.9 Å². The summed E-state index contributed by atoms with van der Waals surface area (Å²) in [5, 5.41) is 15.5. The van der Waals surface area contributed by atoms with E-state index in [4.69, 9.17) is 37.1 Å². The van der Waals surface area contributed by atoms with E-state index in [1.807, 2.05) is 17.0 Å². The van der Waals surface area contributed by atoms with E-state index in [1.54, 1.807) is 0 Å². The second-order valence-electron chi connectivity index (χ2n) is 7.79. The van der Waals surface area contributed by atoms with Crippen molar-refractivity contribution in [1.82, 2.24) is 9.80 Å². The van der Waals surface area contributed by atoms with Crippen LogP contribution in [0.1, 0.15) is 31.2 Å². The van der Waals surface area contributed by atoms with Gasteiger partial charge >= 0.3 is 11.9 Å². The Balaban J connectivity index is 0.000000501. The van der Waals surface area contributed by atoms with Gasteiger partial charge in [-0.25, -0.2) is 9.59 Å². The second-order valence-corrected chi connectivity index (χ2v) is 8.23. The number of likely N-dealkylation sites (tertiary alicyclic amines) is 2. The lowest BCUT2D eigenvalue weighted by Gasteiger charge is -2.36. The second kappa shape index (κ2) is 11.7. The molecule has 1 aromatic carbocycles. The molecule has 2 fully saturated rings. The molecule has 3 rings (SSSR count). The van der Waals surface area contributed by atoms with E-state index in [0.717, 1.165) is 37.5 Å². The van der Waals surface area contributed by atoms with Crippen molar-refractivity contribution in [3.63, 3.8) is 0 Å². The maximum Gasteiger partial charge on any atom is 0.414 e. The van der Waals surface area contributed by atoms with Gasteiger partial charge in [-0.2, -0.15) is 0 Å². The lowest BCUT2D eigenvalue weighted by Crippen LogP contribution is -2.46. The van der Waals surface area contributed by atoms with Crippen molar-refractivity contribution in [2.24, 2.45) is 17.6 Å². The number of carboxylic acids is 2. The zero-order chi connectivity index (χ0) is 23.0. The van der Waals surface area contributed by atoms with Crippen molar-refractivity contribution in [3.8, 4) is 0 Å². The fraction of sp³-hybridized carbons (Fsp3) is 0.524. The maximum absolute atomic E-state index is 12.7. The van der Waals surface area contributed by atoms with Gasteiger partial charge in [0.1, 0.15) is 0 Å². The van der Waals surface area contributed by atoms with Gasteiger partial charge in [0.25, 0.3) is 0 Å². The normalized spacial score (nSPS) is 18.0. The number of aliphatic carboxylic acids is 2. The number of halogens is 1. The third-order valence-electron chi connectivity index (χ3n) is 5.65. The Bertz CT molecular complexity index is 773. The fourth-order valence-electron chi connectivity index (χ4n) is 3.83. The molecule has 170 valence electrons. The number of rotatable bonds is 4. The molecule has 0 atom stereocenters. The zero-order valence-electron chi connectivity index (χ0n) is 17.2. The van der Waals surface area contributed by atoms with Crippen LogP contribution in [0.2, 0.25) is 5.02 Å². The number of hydrogen-bond donors (Lipinski definition) is 3. The molecule has 2 heterocycles. The van der Waals surface area contributed by atoms with Gasteiger partial charge in [-0.3, -0.25) is 14.5 Å². The van der Waals surface area contributed by atoms with Crippen molar-refractivity contribution in [2.45, 2.75) is 32.2 Å². The van der Waals surface area contributed by atoms with Crippen LogP contribution in [0.5, 0.6) is 0 Å². The van der Waals surface area contributed by atoms with Crippen LogP contribution < -0.4 is 5.73 Å². The van der Waals surface area contributed by atoms with E-state index in [1.165, 1.54) is 5.56 Å². The van der Waals surface area contributed by atoms with Crippen molar-refractivity contribution in [2.75, 3.05) is 26.2 Å². The molecule has 9 nitrogen and oxygen atoms in total. The predicted molar refractivity (Wildman–Crippen MR) is 113 cm³/mol. The SMILES string of the molecule is NC(=O)C1CCN(C(=O)C2CCN(Cc3ccc(Cl)cc3)CC2)CC1.O=C(O)C(=O)O. The van der Waals surface area contributed by atoms with Gasteiger partial charge in [-0.05, 0) is 56.5 Å². The smallest absolute Gasteiger partial charge is 0.414 e. The standard InChI is InChI=1S/C19H26ClN3O2.C2H2O4/c20-17-3-1-14(2-4-17)13-22-9-5-16(6-10-22)19(25)23-11-7-15(8-12-23)18(21)24;3-1(4)2(5)6/h1-4,15-16H,5-13H2,(H2,21,24);(H,3,4)(H,5,6). The number of carboxylic acid groups (broad SMARTS) is 2. The first-order valence-electron chi connectivity index (χ1n) is 10.2. The Kier molecular flexibility index (Phi) is 9.26. The summed E-state index contributed by atoms with van der Waals surface area (Å²) in [6.07, 6.45) is 3.22. The van der Waals surface area contributed by atoms with Gasteiger partial charge < -0.3 is 20.8 Å². The summed E-state index contributed by atoms with van der Waals surface area (Å²) >= 11 is 5.93. The highest BCUT2D eigenvalue weighted by Gasteiger charge is 2.31. The van der Waals surface area contributed by atoms with Crippen LogP contribution in [0.4, 0.5) is 0 Å². The Morgan fingerprint density at radius 3 is 1.81 bits per heavy atom. The van der Waals surface area contributed by atoms with E-state index < -0.39 is 11.9 Å². The number of nitrogens with zero attached hydrogens (tertiary/aromatic N) is 2. The van der Waals surface area contributed by atoms with E-state index in [0.29, 0.717) is 25.9 Å². The summed E-state index contributed by atoms with van der Waals surface area (Å²) in [5.41, 5.74) is 6.62. The van der Waals surface area contributed by atoms with Crippen molar-refractivity contribution in [1.29, 1.82) is 0 Å². The minimum absolute atomic E-state index is 0.0646. The lowest BCUT2D eigenvalue weighted by molar-refractivity contribution is -0.159. The highest BCUT2D eigenvalue weighted by Crippen LogP contribution is 2.24. The van der Waals surface area contributed by atoms with E-state index in [-0.39, 0.29) is 23.7 Å². The van der Waals surface area contributed by atoms with Crippen LogP contribution in [0.25, 0.3) is 0 Å². The molecule has 0 spiro atoms. The van der Waals surface area contributed by atoms with E-state index in [2.05, 4.69) is 17.0 Å². The third-order valence-corrected chi connectivity index (χ3v) is 5.90. The van der Waals surface area contributed by atoms with Gasteiger partial charge in [0.05, 0.1) is 0 Å². The molecule has 4 N–H and O–H groups in total. The lowest BCUT2D eigenvalue weighted by atomic mass is 9.91. The molecule has 2 amide bonds. The number of nitrogens with two attached hydrogens (primary N) is 1. The fourth-order valence-corrected chi connectivity index (χ4v) is 3.95. The zero-order valence-corrected chi connectivity index (χ0v) is 18.0. The molecule has 31 heavy (non-hydrogen) atoms. The Hall–Kier alpha value is -2.65. The Morgan fingerprint density at radius 1 is 0.871 bits per heavy atom. The monoisotopic (exact) mass is 453 g/mol. The summed E-state index contributed by atoms with van der Waals surface area (Å²) in [6, 6.07) is 7.96. The minimum atomic E-state index is -1.82. The Labute approximate surface area is 185 Å². The number of carbonyl (C=O) groups is 4. The first-order chi connectivity index (χ1) is 14.7. The minimum Gasteiger partial charge on any atom is -0.473 e. The summed E-state index contributed by atoms with van der Waals surface area (Å²) < 4.78 is 0. The topological polar surface area (TPSA) is 141 Å². The molecule has 2 saturated heterocycles. The van der Waals surface area contributed by atoms with Gasteiger partial charge in [-0.1, -0.05) is 23.7 Å². The van der Waals surface area contributed by atoms with Gasteiger partial charge in [-0.15, -0.1) is 0 Å². The molecular formula is C21H28ClN3O6.